The van der Waals surface area contributed by atoms with Crippen LogP contribution in [0, 0.1) is 12.7 Å². The molecule has 0 unspecified atom stereocenters. The fraction of sp³-hybridized carbons (Fsp3) is 0.0417. The molecule has 0 spiro atoms. The van der Waals surface area contributed by atoms with Crippen LogP contribution in [0.5, 0.6) is 0 Å². The molecule has 3 aromatic carbocycles. The molecule has 0 bridgehead atoms. The molecular weight excluding hydrogens is 379 g/mol. The maximum Gasteiger partial charge on any atom is 0.255 e. The van der Waals surface area contributed by atoms with E-state index in [9.17, 15) is 9.18 Å². The lowest BCUT2D eigenvalue weighted by Crippen LogP contribution is -2.12. The summed E-state index contributed by atoms with van der Waals surface area (Å²) >= 11 is 0. The number of nitrogens with one attached hydrogen (secondary N) is 2. The Bertz CT molecular complexity index is 1190. The average molecular weight is 398 g/mol. The predicted octanol–water partition coefficient (Wildman–Crippen LogP) is 5.59. The fourth-order valence-electron chi connectivity index (χ4n) is 3.02. The zero-order chi connectivity index (χ0) is 20.9. The van der Waals surface area contributed by atoms with Crippen LogP contribution >= 0.6 is 0 Å². The molecule has 0 aliphatic heterocycles. The molecule has 0 fully saturated rings. The Morgan fingerprint density at radius 2 is 1.63 bits per heavy atom. The van der Waals surface area contributed by atoms with E-state index in [1.54, 1.807) is 36.4 Å². The average Bonchev–Trinajstić information content (AvgIpc) is 2.75. The Labute approximate surface area is 173 Å². The number of rotatable bonds is 5. The summed E-state index contributed by atoms with van der Waals surface area (Å²) in [5, 5.41) is 6.09. The van der Waals surface area contributed by atoms with E-state index in [4.69, 9.17) is 0 Å². The van der Waals surface area contributed by atoms with Crippen LogP contribution in [0.25, 0.3) is 11.3 Å². The summed E-state index contributed by atoms with van der Waals surface area (Å²) in [4.78, 5) is 21.1. The number of carbonyl (C=O) groups is 1. The zero-order valence-corrected chi connectivity index (χ0v) is 16.3. The number of hydrogen-bond acceptors (Lipinski definition) is 4. The second-order valence-electron chi connectivity index (χ2n) is 6.82. The van der Waals surface area contributed by atoms with Crippen molar-refractivity contribution in [3.63, 3.8) is 0 Å². The molecule has 6 heteroatoms. The first-order valence-electron chi connectivity index (χ1n) is 9.40. The second kappa shape index (κ2) is 8.53. The van der Waals surface area contributed by atoms with Crippen molar-refractivity contribution in [3.05, 3.63) is 102 Å². The Kier molecular flexibility index (Phi) is 5.48. The molecule has 4 aromatic rings. The highest BCUT2D eigenvalue weighted by Crippen LogP contribution is 2.22. The van der Waals surface area contributed by atoms with E-state index < -0.39 is 0 Å². The van der Waals surface area contributed by atoms with Gasteiger partial charge in [0.1, 0.15) is 18.0 Å². The Balaban J connectivity index is 1.51. The van der Waals surface area contributed by atoms with Crippen LogP contribution in [0.1, 0.15) is 15.9 Å². The summed E-state index contributed by atoms with van der Waals surface area (Å²) in [6.07, 6.45) is 1.44. The largest absolute Gasteiger partial charge is 0.340 e. The summed E-state index contributed by atoms with van der Waals surface area (Å²) in [6, 6.07) is 22.7. The van der Waals surface area contributed by atoms with Crippen LogP contribution in [-0.2, 0) is 0 Å². The maximum atomic E-state index is 13.2. The van der Waals surface area contributed by atoms with Crippen molar-refractivity contribution in [2.45, 2.75) is 6.92 Å². The van der Waals surface area contributed by atoms with Gasteiger partial charge in [-0.3, -0.25) is 4.79 Å². The number of aryl methyl sites for hydroxylation is 1. The molecule has 148 valence electrons. The molecule has 30 heavy (non-hydrogen) atoms. The van der Waals surface area contributed by atoms with Gasteiger partial charge in [0.2, 0.25) is 0 Å². The molecule has 0 aliphatic rings. The third-order valence-corrected chi connectivity index (χ3v) is 4.48. The summed E-state index contributed by atoms with van der Waals surface area (Å²) in [5.41, 5.74) is 4.51. The van der Waals surface area contributed by atoms with Crippen LogP contribution in [0.3, 0.4) is 0 Å². The van der Waals surface area contributed by atoms with Gasteiger partial charge in [0.05, 0.1) is 5.69 Å². The summed E-state index contributed by atoms with van der Waals surface area (Å²) in [7, 11) is 0. The summed E-state index contributed by atoms with van der Waals surface area (Å²) < 4.78 is 13.2. The number of benzene rings is 3. The number of aromatic nitrogens is 2. The van der Waals surface area contributed by atoms with Crippen LogP contribution in [-0.4, -0.2) is 15.9 Å². The van der Waals surface area contributed by atoms with Gasteiger partial charge >= 0.3 is 0 Å². The highest BCUT2D eigenvalue weighted by Gasteiger charge is 2.08. The topological polar surface area (TPSA) is 66.9 Å². The van der Waals surface area contributed by atoms with Gasteiger partial charge in [0.15, 0.2) is 0 Å². The first-order valence-corrected chi connectivity index (χ1v) is 9.40. The van der Waals surface area contributed by atoms with E-state index in [1.807, 2.05) is 37.3 Å². The van der Waals surface area contributed by atoms with Crippen LogP contribution in [0.4, 0.5) is 21.6 Å². The third kappa shape index (κ3) is 4.67. The normalized spacial score (nSPS) is 10.5. The highest BCUT2D eigenvalue weighted by molar-refractivity contribution is 6.04. The monoisotopic (exact) mass is 398 g/mol. The second-order valence-corrected chi connectivity index (χ2v) is 6.82. The van der Waals surface area contributed by atoms with Gasteiger partial charge in [0, 0.05) is 28.6 Å². The molecule has 1 heterocycles. The van der Waals surface area contributed by atoms with Crippen LogP contribution < -0.4 is 10.6 Å². The Hall–Kier alpha value is -4.06. The van der Waals surface area contributed by atoms with Gasteiger partial charge < -0.3 is 10.6 Å². The van der Waals surface area contributed by atoms with Crippen molar-refractivity contribution in [2.24, 2.45) is 0 Å². The van der Waals surface area contributed by atoms with Gasteiger partial charge in [-0.05, 0) is 67.1 Å². The van der Waals surface area contributed by atoms with Crippen molar-refractivity contribution in [1.29, 1.82) is 0 Å². The Morgan fingerprint density at radius 1 is 0.867 bits per heavy atom. The van der Waals surface area contributed by atoms with Crippen molar-refractivity contribution in [1.82, 2.24) is 9.97 Å². The van der Waals surface area contributed by atoms with E-state index in [2.05, 4.69) is 20.6 Å². The van der Waals surface area contributed by atoms with Crippen molar-refractivity contribution in [3.8, 4) is 11.3 Å². The minimum atomic E-state index is -0.299. The lowest BCUT2D eigenvalue weighted by atomic mass is 10.1. The quantitative estimate of drug-likeness (QED) is 0.460. The lowest BCUT2D eigenvalue weighted by molar-refractivity contribution is 0.102. The maximum absolute atomic E-state index is 13.2. The predicted molar refractivity (Wildman–Crippen MR) is 116 cm³/mol. The molecule has 0 atom stereocenters. The Morgan fingerprint density at radius 3 is 2.43 bits per heavy atom. The first kappa shape index (κ1) is 19.3. The fourth-order valence-corrected chi connectivity index (χ4v) is 3.02. The zero-order valence-electron chi connectivity index (χ0n) is 16.3. The van der Waals surface area contributed by atoms with Gasteiger partial charge in [-0.25, -0.2) is 14.4 Å². The highest BCUT2D eigenvalue weighted by atomic mass is 19.1. The standard InChI is InChI=1S/C24H19FN4O/c1-16-4-2-6-20(12-16)29-24(30)18-5-3-7-21(13-18)28-23-14-22(26-15-27-23)17-8-10-19(25)11-9-17/h2-15H,1H3,(H,29,30)(H,26,27,28). The molecule has 0 saturated carbocycles. The molecular formula is C24H19FN4O. The molecule has 0 aliphatic carbocycles. The molecule has 4 rings (SSSR count). The smallest absolute Gasteiger partial charge is 0.255 e. The molecule has 1 amide bonds. The van der Waals surface area contributed by atoms with E-state index in [1.165, 1.54) is 18.5 Å². The van der Waals surface area contributed by atoms with E-state index in [0.29, 0.717) is 17.1 Å². The lowest BCUT2D eigenvalue weighted by Gasteiger charge is -2.10. The first-order chi connectivity index (χ1) is 14.6. The number of hydrogen-bond donors (Lipinski definition) is 2. The molecule has 0 radical (unpaired) electrons. The van der Waals surface area contributed by atoms with Crippen molar-refractivity contribution < 1.29 is 9.18 Å². The minimum absolute atomic E-state index is 0.195. The SMILES string of the molecule is Cc1cccc(NC(=O)c2cccc(Nc3cc(-c4ccc(F)cc4)ncn3)c2)c1. The van der Waals surface area contributed by atoms with Gasteiger partial charge in [-0.2, -0.15) is 0 Å². The molecule has 0 saturated heterocycles. The van der Waals surface area contributed by atoms with Gasteiger partial charge in [-0.15, -0.1) is 0 Å². The number of anilines is 3. The number of carbonyl (C=O) groups excluding carboxylic acids is 1. The van der Waals surface area contributed by atoms with E-state index in [0.717, 1.165) is 22.5 Å². The van der Waals surface area contributed by atoms with Crippen LogP contribution in [0.15, 0.2) is 85.2 Å². The van der Waals surface area contributed by atoms with Crippen molar-refractivity contribution >= 4 is 23.1 Å². The summed E-state index contributed by atoms with van der Waals surface area (Å²) in [6.45, 7) is 1.97. The van der Waals surface area contributed by atoms with Gasteiger partial charge in [0.25, 0.3) is 5.91 Å². The van der Waals surface area contributed by atoms with Crippen LogP contribution in [0.2, 0.25) is 0 Å². The number of nitrogens with zero attached hydrogens (tertiary/aromatic N) is 2. The third-order valence-electron chi connectivity index (χ3n) is 4.48. The molecule has 2 N–H and O–H groups in total. The van der Waals surface area contributed by atoms with Crippen molar-refractivity contribution in [2.75, 3.05) is 10.6 Å². The summed E-state index contributed by atoms with van der Waals surface area (Å²) in [5.74, 6) is 0.0754. The van der Waals surface area contributed by atoms with Gasteiger partial charge in [-0.1, -0.05) is 18.2 Å². The minimum Gasteiger partial charge on any atom is -0.340 e. The van der Waals surface area contributed by atoms with E-state index in [-0.39, 0.29) is 11.7 Å². The van der Waals surface area contributed by atoms with E-state index >= 15 is 0 Å². The molecule has 1 aromatic heterocycles. The number of halogens is 1. The number of amides is 1. The molecule has 5 nitrogen and oxygen atoms in total.